The summed E-state index contributed by atoms with van der Waals surface area (Å²) in [6.07, 6.45) is 1.51. The van der Waals surface area contributed by atoms with Gasteiger partial charge in [-0.15, -0.1) is 0 Å². The molecule has 0 fully saturated rings. The fourth-order valence-corrected chi connectivity index (χ4v) is 2.06. The number of benzene rings is 2. The topological polar surface area (TPSA) is 96.2 Å². The van der Waals surface area contributed by atoms with Crippen molar-refractivity contribution >= 4 is 28.9 Å². The van der Waals surface area contributed by atoms with E-state index >= 15 is 0 Å². The summed E-state index contributed by atoms with van der Waals surface area (Å²) in [5, 5.41) is 14.7. The van der Waals surface area contributed by atoms with Crippen molar-refractivity contribution in [3.05, 3.63) is 63.7 Å². The Labute approximate surface area is 125 Å². The quantitative estimate of drug-likeness (QED) is 0.439. The highest BCUT2D eigenvalue weighted by atomic mass is 16.6. The Bertz CT molecular complexity index is 869. The molecule has 0 atom stereocenters. The minimum Gasteiger partial charge on any atom is -0.323 e. The van der Waals surface area contributed by atoms with Crippen LogP contribution in [0.2, 0.25) is 0 Å². The molecule has 2 N–H and O–H groups in total. The molecule has 1 aromatic heterocycles. The van der Waals surface area contributed by atoms with Crippen LogP contribution in [0.4, 0.5) is 11.6 Å². The minimum atomic E-state index is -0.438. The maximum absolute atomic E-state index is 10.7. The highest BCUT2D eigenvalue weighted by Gasteiger charge is 2.04. The average Bonchev–Trinajstić information content (AvgIpc) is 2.89. The number of non-ortho nitro benzene ring substituents is 1. The second kappa shape index (κ2) is 5.65. The first kappa shape index (κ1) is 13.7. The largest absolute Gasteiger partial charge is 0.323 e. The van der Waals surface area contributed by atoms with Crippen LogP contribution >= 0.6 is 0 Å². The zero-order chi connectivity index (χ0) is 15.5. The molecule has 22 heavy (non-hydrogen) atoms. The van der Waals surface area contributed by atoms with Crippen molar-refractivity contribution in [2.75, 3.05) is 5.43 Å². The minimum absolute atomic E-state index is 0.0307. The number of hydrogen-bond acceptors (Lipinski definition) is 5. The number of imidazole rings is 1. The van der Waals surface area contributed by atoms with Gasteiger partial charge in [0, 0.05) is 17.7 Å². The van der Waals surface area contributed by atoms with Crippen LogP contribution < -0.4 is 5.43 Å². The lowest BCUT2D eigenvalue weighted by molar-refractivity contribution is -0.384. The second-order valence-electron chi connectivity index (χ2n) is 4.83. The highest BCUT2D eigenvalue weighted by molar-refractivity contribution is 5.82. The Balaban J connectivity index is 1.75. The lowest BCUT2D eigenvalue weighted by Gasteiger charge is -1.95. The van der Waals surface area contributed by atoms with Gasteiger partial charge in [0.1, 0.15) is 0 Å². The van der Waals surface area contributed by atoms with Crippen LogP contribution in [0.1, 0.15) is 11.1 Å². The summed E-state index contributed by atoms with van der Waals surface area (Å²) in [5.41, 5.74) is 6.36. The first-order valence-corrected chi connectivity index (χ1v) is 6.62. The third-order valence-corrected chi connectivity index (χ3v) is 3.10. The molecule has 3 aromatic rings. The van der Waals surface area contributed by atoms with Crippen molar-refractivity contribution in [2.45, 2.75) is 6.92 Å². The van der Waals surface area contributed by atoms with Crippen molar-refractivity contribution in [3.8, 4) is 0 Å². The van der Waals surface area contributed by atoms with Gasteiger partial charge in [0.25, 0.3) is 5.69 Å². The molecule has 0 spiro atoms. The predicted molar refractivity (Wildman–Crippen MR) is 85.1 cm³/mol. The number of aromatic amines is 1. The van der Waals surface area contributed by atoms with Crippen LogP contribution in [0, 0.1) is 17.0 Å². The number of aromatic nitrogens is 2. The van der Waals surface area contributed by atoms with E-state index in [4.69, 9.17) is 0 Å². The van der Waals surface area contributed by atoms with Gasteiger partial charge in [-0.1, -0.05) is 18.2 Å². The number of nitrogens with zero attached hydrogens (tertiary/aromatic N) is 3. The first-order chi connectivity index (χ1) is 10.6. The van der Waals surface area contributed by atoms with E-state index in [2.05, 4.69) is 20.5 Å². The van der Waals surface area contributed by atoms with Gasteiger partial charge in [-0.2, -0.15) is 5.10 Å². The summed E-state index contributed by atoms with van der Waals surface area (Å²) in [7, 11) is 0. The summed E-state index contributed by atoms with van der Waals surface area (Å²) >= 11 is 0. The van der Waals surface area contributed by atoms with E-state index in [9.17, 15) is 10.1 Å². The summed E-state index contributed by atoms with van der Waals surface area (Å²) in [5.74, 6) is 0.516. The fourth-order valence-electron chi connectivity index (χ4n) is 2.06. The number of hydrazone groups is 1. The van der Waals surface area contributed by atoms with Gasteiger partial charge >= 0.3 is 0 Å². The van der Waals surface area contributed by atoms with Crippen LogP contribution in [-0.4, -0.2) is 21.1 Å². The summed E-state index contributed by atoms with van der Waals surface area (Å²) < 4.78 is 0. The van der Waals surface area contributed by atoms with E-state index < -0.39 is 4.92 Å². The van der Waals surface area contributed by atoms with Crippen molar-refractivity contribution in [3.63, 3.8) is 0 Å². The van der Waals surface area contributed by atoms with Gasteiger partial charge in [-0.3, -0.25) is 10.1 Å². The maximum atomic E-state index is 10.7. The summed E-state index contributed by atoms with van der Waals surface area (Å²) in [6.45, 7) is 2.01. The van der Waals surface area contributed by atoms with Crippen molar-refractivity contribution in [1.29, 1.82) is 0 Å². The molecule has 0 aliphatic heterocycles. The second-order valence-corrected chi connectivity index (χ2v) is 4.83. The SMILES string of the molecule is Cc1ccc2nc(N/N=C\c3cccc([N+](=O)[O-])c3)[nH]c2c1. The molecule has 0 aliphatic carbocycles. The number of nitro benzene ring substituents is 1. The van der Waals surface area contributed by atoms with Crippen LogP contribution in [-0.2, 0) is 0 Å². The molecule has 0 aliphatic rings. The monoisotopic (exact) mass is 295 g/mol. The molecular weight excluding hydrogens is 282 g/mol. The van der Waals surface area contributed by atoms with Crippen LogP contribution in [0.15, 0.2) is 47.6 Å². The molecule has 7 heteroatoms. The maximum Gasteiger partial charge on any atom is 0.270 e. The summed E-state index contributed by atoms with van der Waals surface area (Å²) in [4.78, 5) is 17.7. The molecule has 1 heterocycles. The van der Waals surface area contributed by atoms with E-state index in [0.717, 1.165) is 16.6 Å². The molecule has 0 bridgehead atoms. The van der Waals surface area contributed by atoms with Crippen LogP contribution in [0.3, 0.4) is 0 Å². The molecule has 0 amide bonds. The smallest absolute Gasteiger partial charge is 0.270 e. The Kier molecular flexibility index (Phi) is 3.53. The molecule has 3 rings (SSSR count). The zero-order valence-corrected chi connectivity index (χ0v) is 11.8. The van der Waals surface area contributed by atoms with E-state index in [1.807, 2.05) is 25.1 Å². The number of H-pyrrole nitrogens is 1. The number of hydrogen-bond donors (Lipinski definition) is 2. The van der Waals surface area contributed by atoms with Crippen molar-refractivity contribution in [2.24, 2.45) is 5.10 Å². The van der Waals surface area contributed by atoms with Gasteiger partial charge in [-0.05, 0) is 24.6 Å². The van der Waals surface area contributed by atoms with E-state index in [0.29, 0.717) is 11.5 Å². The van der Waals surface area contributed by atoms with E-state index in [1.54, 1.807) is 12.1 Å². The Morgan fingerprint density at radius 1 is 1.32 bits per heavy atom. The number of fused-ring (bicyclic) bond motifs is 1. The van der Waals surface area contributed by atoms with E-state index in [-0.39, 0.29) is 5.69 Å². The zero-order valence-electron chi connectivity index (χ0n) is 11.8. The van der Waals surface area contributed by atoms with Crippen molar-refractivity contribution < 1.29 is 4.92 Å². The molecular formula is C15H13N5O2. The van der Waals surface area contributed by atoms with E-state index in [1.165, 1.54) is 18.3 Å². The molecule has 0 saturated heterocycles. The molecule has 7 nitrogen and oxygen atoms in total. The van der Waals surface area contributed by atoms with Gasteiger partial charge < -0.3 is 4.98 Å². The number of anilines is 1. The molecule has 0 unspecified atom stereocenters. The lowest BCUT2D eigenvalue weighted by Crippen LogP contribution is -1.93. The lowest BCUT2D eigenvalue weighted by atomic mass is 10.2. The van der Waals surface area contributed by atoms with Crippen LogP contribution in [0.5, 0.6) is 0 Å². The molecule has 0 saturated carbocycles. The fraction of sp³-hybridized carbons (Fsp3) is 0.0667. The highest BCUT2D eigenvalue weighted by Crippen LogP contribution is 2.16. The Morgan fingerprint density at radius 3 is 3.00 bits per heavy atom. The molecule has 2 aromatic carbocycles. The van der Waals surface area contributed by atoms with Crippen molar-refractivity contribution in [1.82, 2.24) is 9.97 Å². The molecule has 110 valence electrons. The average molecular weight is 295 g/mol. The Hall–Kier alpha value is -3.22. The number of nitro groups is 1. The number of rotatable bonds is 4. The van der Waals surface area contributed by atoms with Gasteiger partial charge in [-0.25, -0.2) is 10.4 Å². The van der Waals surface area contributed by atoms with Gasteiger partial charge in [0.2, 0.25) is 5.95 Å². The normalized spacial score (nSPS) is 11.1. The van der Waals surface area contributed by atoms with Crippen LogP contribution in [0.25, 0.3) is 11.0 Å². The van der Waals surface area contributed by atoms with Gasteiger partial charge in [0.15, 0.2) is 0 Å². The summed E-state index contributed by atoms with van der Waals surface area (Å²) in [6, 6.07) is 12.1. The standard InChI is InChI=1S/C15H13N5O2/c1-10-5-6-13-14(7-10)18-15(17-13)19-16-9-11-3-2-4-12(8-11)20(21)22/h2-9H,1H3,(H2,17,18,19)/b16-9-. The first-order valence-electron chi connectivity index (χ1n) is 6.62. The predicted octanol–water partition coefficient (Wildman–Crippen LogP) is 3.23. The van der Waals surface area contributed by atoms with Gasteiger partial charge in [0.05, 0.1) is 22.2 Å². The number of nitrogens with one attached hydrogen (secondary N) is 2. The Morgan fingerprint density at radius 2 is 2.18 bits per heavy atom. The third-order valence-electron chi connectivity index (χ3n) is 3.10. The number of aryl methyl sites for hydroxylation is 1. The molecule has 0 radical (unpaired) electrons. The third kappa shape index (κ3) is 2.93.